The van der Waals surface area contributed by atoms with Crippen molar-refractivity contribution in [3.05, 3.63) is 29.8 Å². The first-order valence-corrected chi connectivity index (χ1v) is 7.78. The summed E-state index contributed by atoms with van der Waals surface area (Å²) in [7, 11) is 1.76. The summed E-state index contributed by atoms with van der Waals surface area (Å²) in [6.07, 6.45) is 2.07. The van der Waals surface area contributed by atoms with Gasteiger partial charge in [0.1, 0.15) is 0 Å². The Balaban J connectivity index is 1.83. The zero-order chi connectivity index (χ0) is 15.9. The molecule has 1 atom stereocenters. The lowest BCUT2D eigenvalue weighted by atomic mass is 10.1. The Morgan fingerprint density at radius 2 is 2.14 bits per heavy atom. The zero-order valence-electron chi connectivity index (χ0n) is 13.2. The highest BCUT2D eigenvalue weighted by Crippen LogP contribution is 2.24. The van der Waals surface area contributed by atoms with Crippen molar-refractivity contribution in [1.29, 1.82) is 0 Å². The van der Waals surface area contributed by atoms with Crippen LogP contribution >= 0.6 is 0 Å². The Morgan fingerprint density at radius 3 is 2.82 bits per heavy atom. The number of anilines is 1. The van der Waals surface area contributed by atoms with Crippen molar-refractivity contribution in [3.63, 3.8) is 0 Å². The summed E-state index contributed by atoms with van der Waals surface area (Å²) in [5.74, 6) is -0.309. The van der Waals surface area contributed by atoms with E-state index in [1.165, 1.54) is 12.1 Å². The standard InChI is InChI=1S/C16H24F2N4/c1-3-7-20-16(19-2)21-10-12-6-8-22(11-12)13-4-5-14(17)15(18)9-13/h4-5,9,12H,3,6-8,10-11H2,1-2H3,(H2,19,20,21). The maximum atomic E-state index is 13.3. The fourth-order valence-electron chi connectivity index (χ4n) is 2.62. The van der Waals surface area contributed by atoms with Crippen LogP contribution in [0.25, 0.3) is 0 Å². The third kappa shape index (κ3) is 4.32. The second-order valence-corrected chi connectivity index (χ2v) is 5.58. The first-order chi connectivity index (χ1) is 10.6. The number of rotatable bonds is 5. The summed E-state index contributed by atoms with van der Waals surface area (Å²) in [6, 6.07) is 4.09. The van der Waals surface area contributed by atoms with E-state index in [0.717, 1.165) is 50.7 Å². The Hall–Kier alpha value is -1.85. The molecular formula is C16H24F2N4. The van der Waals surface area contributed by atoms with E-state index in [0.29, 0.717) is 5.92 Å². The van der Waals surface area contributed by atoms with E-state index in [9.17, 15) is 8.78 Å². The van der Waals surface area contributed by atoms with Gasteiger partial charge in [-0.1, -0.05) is 6.92 Å². The maximum absolute atomic E-state index is 13.3. The van der Waals surface area contributed by atoms with Crippen molar-refractivity contribution in [3.8, 4) is 0 Å². The van der Waals surface area contributed by atoms with Gasteiger partial charge in [0.2, 0.25) is 0 Å². The summed E-state index contributed by atoms with van der Waals surface area (Å²) in [4.78, 5) is 6.27. The highest BCUT2D eigenvalue weighted by Gasteiger charge is 2.23. The van der Waals surface area contributed by atoms with Crippen LogP contribution in [0.2, 0.25) is 0 Å². The molecular weight excluding hydrogens is 286 g/mol. The van der Waals surface area contributed by atoms with Gasteiger partial charge < -0.3 is 15.5 Å². The topological polar surface area (TPSA) is 39.7 Å². The molecule has 1 unspecified atom stereocenters. The molecule has 1 aliphatic heterocycles. The highest BCUT2D eigenvalue weighted by atomic mass is 19.2. The Kier molecular flexibility index (Phi) is 5.98. The van der Waals surface area contributed by atoms with Crippen molar-refractivity contribution in [2.45, 2.75) is 19.8 Å². The molecule has 0 amide bonds. The van der Waals surface area contributed by atoms with E-state index in [4.69, 9.17) is 0 Å². The molecule has 122 valence electrons. The van der Waals surface area contributed by atoms with Gasteiger partial charge in [-0.05, 0) is 30.9 Å². The van der Waals surface area contributed by atoms with Crippen molar-refractivity contribution in [1.82, 2.24) is 10.6 Å². The number of hydrogen-bond acceptors (Lipinski definition) is 2. The number of benzene rings is 1. The SMILES string of the molecule is CCCNC(=NC)NCC1CCN(c2ccc(F)c(F)c2)C1. The van der Waals surface area contributed by atoms with Crippen LogP contribution in [0.1, 0.15) is 19.8 Å². The molecule has 1 aliphatic rings. The lowest BCUT2D eigenvalue weighted by Gasteiger charge is -2.19. The van der Waals surface area contributed by atoms with Crippen LogP contribution in [0.15, 0.2) is 23.2 Å². The minimum Gasteiger partial charge on any atom is -0.371 e. The minimum absolute atomic E-state index is 0.466. The van der Waals surface area contributed by atoms with Gasteiger partial charge in [0.15, 0.2) is 17.6 Å². The van der Waals surface area contributed by atoms with E-state index in [2.05, 4.69) is 27.4 Å². The fraction of sp³-hybridized carbons (Fsp3) is 0.562. The van der Waals surface area contributed by atoms with E-state index in [-0.39, 0.29) is 0 Å². The summed E-state index contributed by atoms with van der Waals surface area (Å²) < 4.78 is 26.3. The highest BCUT2D eigenvalue weighted by molar-refractivity contribution is 5.79. The van der Waals surface area contributed by atoms with Crippen LogP contribution < -0.4 is 15.5 Å². The minimum atomic E-state index is -0.799. The molecule has 22 heavy (non-hydrogen) atoms. The number of hydrogen-bond donors (Lipinski definition) is 2. The molecule has 0 aromatic heterocycles. The number of nitrogens with zero attached hydrogens (tertiary/aromatic N) is 2. The van der Waals surface area contributed by atoms with Gasteiger partial charge in [0.05, 0.1) is 0 Å². The van der Waals surface area contributed by atoms with E-state index >= 15 is 0 Å². The molecule has 1 fully saturated rings. The smallest absolute Gasteiger partial charge is 0.190 e. The van der Waals surface area contributed by atoms with Gasteiger partial charge in [-0.3, -0.25) is 4.99 Å². The molecule has 6 heteroatoms. The Bertz CT molecular complexity index is 519. The van der Waals surface area contributed by atoms with Crippen LogP contribution in [0.4, 0.5) is 14.5 Å². The lowest BCUT2D eigenvalue weighted by molar-refractivity contribution is 0.508. The van der Waals surface area contributed by atoms with Gasteiger partial charge in [-0.2, -0.15) is 0 Å². The van der Waals surface area contributed by atoms with Crippen LogP contribution in [0.3, 0.4) is 0 Å². The van der Waals surface area contributed by atoms with Crippen LogP contribution in [-0.2, 0) is 0 Å². The van der Waals surface area contributed by atoms with Crippen LogP contribution in [0, 0.1) is 17.6 Å². The molecule has 0 aliphatic carbocycles. The average molecular weight is 310 g/mol. The number of guanidine groups is 1. The number of nitrogens with one attached hydrogen (secondary N) is 2. The van der Waals surface area contributed by atoms with E-state index < -0.39 is 11.6 Å². The second-order valence-electron chi connectivity index (χ2n) is 5.58. The molecule has 2 rings (SSSR count). The van der Waals surface area contributed by atoms with Crippen molar-refractivity contribution in [2.75, 3.05) is 38.1 Å². The molecule has 0 spiro atoms. The van der Waals surface area contributed by atoms with E-state index in [1.807, 2.05) is 0 Å². The lowest BCUT2D eigenvalue weighted by Crippen LogP contribution is -2.40. The molecule has 1 aromatic carbocycles. The van der Waals surface area contributed by atoms with Gasteiger partial charge in [0.25, 0.3) is 0 Å². The molecule has 0 bridgehead atoms. The quantitative estimate of drug-likeness (QED) is 0.648. The molecule has 4 nitrogen and oxygen atoms in total. The third-order valence-corrected chi connectivity index (χ3v) is 3.88. The summed E-state index contributed by atoms with van der Waals surface area (Å²) in [5, 5.41) is 6.55. The second kappa shape index (κ2) is 7.96. The average Bonchev–Trinajstić information content (AvgIpc) is 2.99. The Morgan fingerprint density at radius 1 is 1.32 bits per heavy atom. The largest absolute Gasteiger partial charge is 0.371 e. The Labute approximate surface area is 130 Å². The fourth-order valence-corrected chi connectivity index (χ4v) is 2.62. The molecule has 1 aromatic rings. The summed E-state index contributed by atoms with van der Waals surface area (Å²) in [6.45, 7) is 5.52. The molecule has 0 radical (unpaired) electrons. The van der Waals surface area contributed by atoms with Gasteiger partial charge >= 0.3 is 0 Å². The molecule has 2 N–H and O–H groups in total. The first-order valence-electron chi connectivity index (χ1n) is 7.78. The predicted octanol–water partition coefficient (Wildman–Crippen LogP) is 2.37. The van der Waals surface area contributed by atoms with Gasteiger partial charge in [-0.25, -0.2) is 8.78 Å². The first kappa shape index (κ1) is 16.5. The molecule has 1 saturated heterocycles. The van der Waals surface area contributed by atoms with Crippen molar-refractivity contribution < 1.29 is 8.78 Å². The summed E-state index contributed by atoms with van der Waals surface area (Å²) in [5.41, 5.74) is 0.745. The van der Waals surface area contributed by atoms with Crippen LogP contribution in [-0.4, -0.2) is 39.2 Å². The number of halogens is 2. The van der Waals surface area contributed by atoms with Gasteiger partial charge in [0, 0.05) is 45.0 Å². The van der Waals surface area contributed by atoms with E-state index in [1.54, 1.807) is 13.1 Å². The van der Waals surface area contributed by atoms with Gasteiger partial charge in [-0.15, -0.1) is 0 Å². The third-order valence-electron chi connectivity index (χ3n) is 3.88. The predicted molar refractivity (Wildman–Crippen MR) is 86.3 cm³/mol. The molecule has 1 heterocycles. The zero-order valence-corrected chi connectivity index (χ0v) is 13.2. The monoisotopic (exact) mass is 310 g/mol. The van der Waals surface area contributed by atoms with Crippen molar-refractivity contribution in [2.24, 2.45) is 10.9 Å². The normalized spacial score (nSPS) is 18.6. The molecule has 0 saturated carbocycles. The number of aliphatic imine (C=N–C) groups is 1. The van der Waals surface area contributed by atoms with Crippen LogP contribution in [0.5, 0.6) is 0 Å². The van der Waals surface area contributed by atoms with Crippen molar-refractivity contribution >= 4 is 11.6 Å². The summed E-state index contributed by atoms with van der Waals surface area (Å²) >= 11 is 0. The maximum Gasteiger partial charge on any atom is 0.190 e.